The number of nitrogens with one attached hydrogen (secondary N) is 3. The highest BCUT2D eigenvalue weighted by molar-refractivity contribution is 7.92. The highest BCUT2D eigenvalue weighted by Gasteiger charge is 2.17. The average molecular weight is 356 g/mol. The fraction of sp³-hybridized carbons (Fsp3) is 0.467. The molecule has 1 rings (SSSR count). The number of carbonyl (C=O) groups excluding carboxylic acids is 2. The van der Waals surface area contributed by atoms with Gasteiger partial charge in [0.2, 0.25) is 21.8 Å². The molecular weight excluding hydrogens is 332 g/mol. The second kappa shape index (κ2) is 8.65. The van der Waals surface area contributed by atoms with Crippen LogP contribution in [0.4, 0.5) is 5.69 Å². The lowest BCUT2D eigenvalue weighted by atomic mass is 10.1. The Morgan fingerprint density at radius 2 is 1.71 bits per heavy atom. The molecular formula is C15H24N4O4S. The molecule has 0 aliphatic carbocycles. The van der Waals surface area contributed by atoms with E-state index in [0.29, 0.717) is 5.69 Å². The number of carbonyl (C=O) groups is 2. The van der Waals surface area contributed by atoms with Crippen LogP contribution in [0, 0.1) is 5.92 Å². The van der Waals surface area contributed by atoms with Crippen molar-refractivity contribution in [3.8, 4) is 0 Å². The van der Waals surface area contributed by atoms with Crippen molar-refractivity contribution in [2.45, 2.75) is 26.4 Å². The van der Waals surface area contributed by atoms with Gasteiger partial charge in [0.1, 0.15) is 0 Å². The first-order valence-electron chi connectivity index (χ1n) is 7.45. The van der Waals surface area contributed by atoms with E-state index in [0.717, 1.165) is 11.8 Å². The molecule has 2 amide bonds. The highest BCUT2D eigenvalue weighted by atomic mass is 32.2. The zero-order valence-corrected chi connectivity index (χ0v) is 14.8. The molecule has 1 aromatic carbocycles. The van der Waals surface area contributed by atoms with Crippen LogP contribution >= 0.6 is 0 Å². The van der Waals surface area contributed by atoms with Crippen LogP contribution in [0.5, 0.6) is 0 Å². The summed E-state index contributed by atoms with van der Waals surface area (Å²) in [6.07, 6.45) is 1.07. The van der Waals surface area contributed by atoms with Crippen LogP contribution in [-0.4, -0.2) is 39.1 Å². The van der Waals surface area contributed by atoms with Crippen LogP contribution in [0.25, 0.3) is 0 Å². The summed E-state index contributed by atoms with van der Waals surface area (Å²) in [5.41, 5.74) is 6.92. The smallest absolute Gasteiger partial charge is 0.239 e. The first kappa shape index (κ1) is 19.9. The molecule has 0 aromatic heterocycles. The Kier molecular flexibility index (Phi) is 7.18. The summed E-state index contributed by atoms with van der Waals surface area (Å²) >= 11 is 0. The van der Waals surface area contributed by atoms with Crippen LogP contribution in [0.3, 0.4) is 0 Å². The molecule has 0 radical (unpaired) electrons. The van der Waals surface area contributed by atoms with E-state index in [-0.39, 0.29) is 30.8 Å². The molecule has 1 atom stereocenters. The fourth-order valence-corrected chi connectivity index (χ4v) is 2.32. The largest absolute Gasteiger partial charge is 0.350 e. The summed E-state index contributed by atoms with van der Waals surface area (Å²) in [5.74, 6) is -0.707. The second-order valence-electron chi connectivity index (χ2n) is 5.84. The Morgan fingerprint density at radius 1 is 1.12 bits per heavy atom. The lowest BCUT2D eigenvalue weighted by molar-refractivity contribution is -0.127. The van der Waals surface area contributed by atoms with Crippen molar-refractivity contribution in [2.24, 2.45) is 11.7 Å². The van der Waals surface area contributed by atoms with Gasteiger partial charge in [-0.2, -0.15) is 0 Å². The van der Waals surface area contributed by atoms with Gasteiger partial charge in [0.25, 0.3) is 0 Å². The molecule has 0 unspecified atom stereocenters. The van der Waals surface area contributed by atoms with Gasteiger partial charge in [-0.3, -0.25) is 14.3 Å². The minimum Gasteiger partial charge on any atom is -0.350 e. The molecule has 5 N–H and O–H groups in total. The molecule has 1 aromatic rings. The number of amides is 2. The Morgan fingerprint density at radius 3 is 2.21 bits per heavy atom. The van der Waals surface area contributed by atoms with E-state index in [4.69, 9.17) is 5.73 Å². The SMILES string of the molecule is CC(C)[C@H](N)C(=O)NCC(=O)NCc1ccc(NS(C)(=O)=O)cc1. The number of sulfonamides is 1. The summed E-state index contributed by atoms with van der Waals surface area (Å²) in [6.45, 7) is 3.77. The van der Waals surface area contributed by atoms with Crippen molar-refractivity contribution >= 4 is 27.5 Å². The Labute approximate surface area is 142 Å². The molecule has 134 valence electrons. The number of nitrogens with two attached hydrogens (primary N) is 1. The first-order chi connectivity index (χ1) is 11.1. The standard InChI is InChI=1S/C15H24N4O4S/c1-10(2)14(16)15(21)18-9-13(20)17-8-11-4-6-12(7-5-11)19-24(3,22)23/h4-7,10,14,19H,8-9,16H2,1-3H3,(H,17,20)(H,18,21)/t14-/m0/s1. The van der Waals surface area contributed by atoms with E-state index in [2.05, 4.69) is 15.4 Å². The zero-order chi connectivity index (χ0) is 18.3. The maximum absolute atomic E-state index is 11.7. The number of benzene rings is 1. The van der Waals surface area contributed by atoms with Gasteiger partial charge >= 0.3 is 0 Å². The topological polar surface area (TPSA) is 130 Å². The fourth-order valence-electron chi connectivity index (χ4n) is 1.76. The van der Waals surface area contributed by atoms with Gasteiger partial charge < -0.3 is 16.4 Å². The van der Waals surface area contributed by atoms with Gasteiger partial charge in [-0.1, -0.05) is 26.0 Å². The predicted octanol–water partition coefficient (Wildman–Crippen LogP) is -0.226. The van der Waals surface area contributed by atoms with Gasteiger partial charge in [0, 0.05) is 12.2 Å². The van der Waals surface area contributed by atoms with E-state index in [1.54, 1.807) is 24.3 Å². The Bertz CT molecular complexity index is 671. The third kappa shape index (κ3) is 7.42. The second-order valence-corrected chi connectivity index (χ2v) is 7.58. The van der Waals surface area contributed by atoms with Crippen molar-refractivity contribution in [3.63, 3.8) is 0 Å². The van der Waals surface area contributed by atoms with E-state index in [1.165, 1.54) is 0 Å². The monoisotopic (exact) mass is 356 g/mol. The molecule has 0 bridgehead atoms. The maximum Gasteiger partial charge on any atom is 0.239 e. The Hall–Kier alpha value is -2.13. The molecule has 0 fully saturated rings. The van der Waals surface area contributed by atoms with Crippen LogP contribution in [-0.2, 0) is 26.2 Å². The van der Waals surface area contributed by atoms with E-state index >= 15 is 0 Å². The van der Waals surface area contributed by atoms with Gasteiger partial charge in [0.05, 0.1) is 18.8 Å². The molecule has 0 saturated heterocycles. The number of anilines is 1. The Balaban J connectivity index is 2.40. The average Bonchev–Trinajstić information content (AvgIpc) is 2.49. The summed E-state index contributed by atoms with van der Waals surface area (Å²) < 4.78 is 24.6. The third-order valence-corrected chi connectivity index (χ3v) is 3.80. The van der Waals surface area contributed by atoms with Crippen molar-refractivity contribution < 1.29 is 18.0 Å². The summed E-state index contributed by atoms with van der Waals surface area (Å²) in [7, 11) is -3.31. The van der Waals surface area contributed by atoms with Crippen LogP contribution in [0.15, 0.2) is 24.3 Å². The number of hydrogen-bond acceptors (Lipinski definition) is 5. The summed E-state index contributed by atoms with van der Waals surface area (Å²) in [4.78, 5) is 23.4. The maximum atomic E-state index is 11.7. The summed E-state index contributed by atoms with van der Waals surface area (Å²) in [6, 6.07) is 5.95. The van der Waals surface area contributed by atoms with Crippen molar-refractivity contribution in [1.82, 2.24) is 10.6 Å². The third-order valence-electron chi connectivity index (χ3n) is 3.19. The normalized spacial score (nSPS) is 12.5. The van der Waals surface area contributed by atoms with Gasteiger partial charge in [0.15, 0.2) is 0 Å². The quantitative estimate of drug-likeness (QED) is 0.511. The molecule has 0 aliphatic heterocycles. The molecule has 24 heavy (non-hydrogen) atoms. The van der Waals surface area contributed by atoms with Crippen molar-refractivity contribution in [2.75, 3.05) is 17.5 Å². The number of hydrogen-bond donors (Lipinski definition) is 4. The van der Waals surface area contributed by atoms with Crippen LogP contribution < -0.4 is 21.1 Å². The first-order valence-corrected chi connectivity index (χ1v) is 9.34. The van der Waals surface area contributed by atoms with Crippen molar-refractivity contribution in [3.05, 3.63) is 29.8 Å². The molecule has 9 heteroatoms. The van der Waals surface area contributed by atoms with E-state index in [9.17, 15) is 18.0 Å². The van der Waals surface area contributed by atoms with Crippen LogP contribution in [0.1, 0.15) is 19.4 Å². The molecule has 0 spiro atoms. The van der Waals surface area contributed by atoms with E-state index in [1.807, 2.05) is 13.8 Å². The van der Waals surface area contributed by atoms with Crippen molar-refractivity contribution in [1.29, 1.82) is 0 Å². The minimum atomic E-state index is -3.31. The number of rotatable bonds is 8. The lowest BCUT2D eigenvalue weighted by Crippen LogP contribution is -2.47. The van der Waals surface area contributed by atoms with E-state index < -0.39 is 16.1 Å². The lowest BCUT2D eigenvalue weighted by Gasteiger charge is -2.15. The van der Waals surface area contributed by atoms with Gasteiger partial charge in [-0.15, -0.1) is 0 Å². The molecule has 0 heterocycles. The van der Waals surface area contributed by atoms with Gasteiger partial charge in [-0.25, -0.2) is 8.42 Å². The minimum absolute atomic E-state index is 0.00730. The molecule has 0 aliphatic rings. The zero-order valence-electron chi connectivity index (χ0n) is 14.0. The predicted molar refractivity (Wildman–Crippen MR) is 92.6 cm³/mol. The summed E-state index contributed by atoms with van der Waals surface area (Å²) in [5, 5.41) is 5.14. The molecule has 8 nitrogen and oxygen atoms in total. The highest BCUT2D eigenvalue weighted by Crippen LogP contribution is 2.10. The molecule has 0 saturated carbocycles. The van der Waals surface area contributed by atoms with Gasteiger partial charge in [-0.05, 0) is 23.6 Å². The van der Waals surface area contributed by atoms with Crippen LogP contribution in [0.2, 0.25) is 0 Å².